The normalized spacial score (nSPS) is 18.0. The summed E-state index contributed by atoms with van der Waals surface area (Å²) in [4.78, 5) is 6.55. The van der Waals surface area contributed by atoms with Crippen LogP contribution in [-0.4, -0.2) is 49.9 Å². The molecule has 1 aliphatic rings. The van der Waals surface area contributed by atoms with Gasteiger partial charge >= 0.3 is 0 Å². The first-order valence-corrected chi connectivity index (χ1v) is 7.34. The van der Waals surface area contributed by atoms with Gasteiger partial charge in [0, 0.05) is 25.8 Å². The van der Waals surface area contributed by atoms with Gasteiger partial charge in [0.1, 0.15) is 5.82 Å². The molecule has 0 spiro atoms. The number of tetrazole rings is 1. The lowest BCUT2D eigenvalue weighted by molar-refractivity contribution is 0.619. The predicted octanol–water partition coefficient (Wildman–Crippen LogP) is 0.853. The monoisotopic (exact) mass is 296 g/mol. The second kappa shape index (κ2) is 5.55. The molecule has 8 heteroatoms. The average molecular weight is 296 g/mol. The van der Waals surface area contributed by atoms with Crippen molar-refractivity contribution in [3.63, 3.8) is 0 Å². The Hall–Kier alpha value is -2.77. The quantitative estimate of drug-likeness (QED) is 0.764. The van der Waals surface area contributed by atoms with Crippen LogP contribution in [0.1, 0.15) is 6.42 Å². The third-order valence-electron chi connectivity index (χ3n) is 3.90. The molecular weight excluding hydrogens is 280 g/mol. The lowest BCUT2D eigenvalue weighted by Crippen LogP contribution is -2.24. The predicted molar refractivity (Wildman–Crippen MR) is 81.6 cm³/mol. The summed E-state index contributed by atoms with van der Waals surface area (Å²) in [5, 5.41) is 19.2. The van der Waals surface area contributed by atoms with E-state index in [0.29, 0.717) is 11.6 Å². The smallest absolute Gasteiger partial charge is 0.200 e. The van der Waals surface area contributed by atoms with Gasteiger partial charge in [-0.05, 0) is 47.0 Å². The fourth-order valence-corrected chi connectivity index (χ4v) is 2.73. The Labute approximate surface area is 127 Å². The molecule has 1 fully saturated rings. The highest BCUT2D eigenvalue weighted by Crippen LogP contribution is 2.22. The Kier molecular flexibility index (Phi) is 3.26. The zero-order valence-electron chi connectivity index (χ0n) is 12.0. The van der Waals surface area contributed by atoms with Gasteiger partial charge in [-0.3, -0.25) is 0 Å². The number of nitrogens with zero attached hydrogens (tertiary/aromatic N) is 7. The highest BCUT2D eigenvalue weighted by atomic mass is 15.6. The number of fused-ring (bicyclic) bond motifs is 1. The molecule has 4 heterocycles. The van der Waals surface area contributed by atoms with Crippen molar-refractivity contribution in [1.82, 2.24) is 30.2 Å². The maximum Gasteiger partial charge on any atom is 0.200 e. The number of anilines is 2. The molecule has 0 aromatic carbocycles. The van der Waals surface area contributed by atoms with E-state index < -0.39 is 0 Å². The minimum absolute atomic E-state index is 0.577. The Bertz CT molecular complexity index is 756. The first-order chi connectivity index (χ1) is 10.9. The Balaban J connectivity index is 1.39. The van der Waals surface area contributed by atoms with Crippen molar-refractivity contribution < 1.29 is 0 Å². The highest BCUT2D eigenvalue weighted by Gasteiger charge is 2.23. The van der Waals surface area contributed by atoms with E-state index >= 15 is 0 Å². The summed E-state index contributed by atoms with van der Waals surface area (Å²) in [5.74, 6) is 2.42. The van der Waals surface area contributed by atoms with Gasteiger partial charge < -0.3 is 10.2 Å². The zero-order chi connectivity index (χ0) is 14.8. The van der Waals surface area contributed by atoms with Crippen LogP contribution >= 0.6 is 0 Å². The fourth-order valence-electron chi connectivity index (χ4n) is 2.73. The van der Waals surface area contributed by atoms with Gasteiger partial charge in [-0.15, -0.1) is 14.8 Å². The summed E-state index contributed by atoms with van der Waals surface area (Å²) >= 11 is 0. The number of pyridine rings is 1. The van der Waals surface area contributed by atoms with E-state index in [0.717, 1.165) is 37.7 Å². The summed E-state index contributed by atoms with van der Waals surface area (Å²) in [7, 11) is 0. The molecule has 0 bridgehead atoms. The van der Waals surface area contributed by atoms with Crippen molar-refractivity contribution in [2.45, 2.75) is 6.42 Å². The number of rotatable bonds is 4. The standard InChI is InChI=1S/C14H16N8/c1-2-7-15-12(3-1)16-9-11-6-8-21(10-11)14-5-4-13-17-19-20-22(13)18-14/h1-5,7,11H,6,8-10H2,(H,15,16). The number of hydrogen-bond donors (Lipinski definition) is 1. The van der Waals surface area contributed by atoms with Gasteiger partial charge in [0.2, 0.25) is 0 Å². The highest BCUT2D eigenvalue weighted by molar-refractivity contribution is 5.45. The molecule has 0 aliphatic carbocycles. The summed E-state index contributed by atoms with van der Waals surface area (Å²) < 4.78 is 1.47. The SMILES string of the molecule is c1ccc(NCC2CCN(c3ccc4nnnn4n3)C2)nc1. The Morgan fingerprint density at radius 1 is 1.23 bits per heavy atom. The average Bonchev–Trinajstić information content (AvgIpc) is 3.22. The molecule has 112 valence electrons. The van der Waals surface area contributed by atoms with Crippen LogP contribution in [0.15, 0.2) is 36.5 Å². The van der Waals surface area contributed by atoms with E-state index in [-0.39, 0.29) is 0 Å². The molecule has 1 saturated heterocycles. The topological polar surface area (TPSA) is 84.1 Å². The lowest BCUT2D eigenvalue weighted by atomic mass is 10.1. The minimum atomic E-state index is 0.577. The second-order valence-electron chi connectivity index (χ2n) is 5.41. The molecule has 4 rings (SSSR count). The molecule has 1 aliphatic heterocycles. The van der Waals surface area contributed by atoms with E-state index in [2.05, 4.69) is 35.8 Å². The third-order valence-corrected chi connectivity index (χ3v) is 3.90. The van der Waals surface area contributed by atoms with Crippen molar-refractivity contribution in [2.24, 2.45) is 5.92 Å². The largest absolute Gasteiger partial charge is 0.370 e. The van der Waals surface area contributed by atoms with Gasteiger partial charge in [0.15, 0.2) is 11.5 Å². The summed E-state index contributed by atoms with van der Waals surface area (Å²) in [6, 6.07) is 9.76. The van der Waals surface area contributed by atoms with E-state index in [1.54, 1.807) is 6.20 Å². The van der Waals surface area contributed by atoms with Crippen LogP contribution in [0.4, 0.5) is 11.6 Å². The molecule has 3 aromatic rings. The maximum atomic E-state index is 4.44. The second-order valence-corrected chi connectivity index (χ2v) is 5.41. The molecular formula is C14H16N8. The van der Waals surface area contributed by atoms with Crippen LogP contribution in [0.5, 0.6) is 0 Å². The maximum absolute atomic E-state index is 4.44. The molecule has 22 heavy (non-hydrogen) atoms. The summed E-state index contributed by atoms with van der Waals surface area (Å²) in [6.45, 7) is 2.89. The molecule has 1 atom stereocenters. The Morgan fingerprint density at radius 3 is 3.14 bits per heavy atom. The first kappa shape index (κ1) is 12.9. The van der Waals surface area contributed by atoms with Crippen molar-refractivity contribution in [3.05, 3.63) is 36.5 Å². The molecule has 0 saturated carbocycles. The molecule has 3 aromatic heterocycles. The van der Waals surface area contributed by atoms with Gasteiger partial charge in [0.25, 0.3) is 0 Å². The fraction of sp³-hybridized carbons (Fsp3) is 0.357. The number of hydrogen-bond acceptors (Lipinski definition) is 7. The minimum Gasteiger partial charge on any atom is -0.370 e. The summed E-state index contributed by atoms with van der Waals surface area (Å²) in [5.41, 5.74) is 0.663. The van der Waals surface area contributed by atoms with Crippen LogP contribution in [-0.2, 0) is 0 Å². The van der Waals surface area contributed by atoms with E-state index in [1.807, 2.05) is 30.3 Å². The third kappa shape index (κ3) is 2.54. The molecule has 1 unspecified atom stereocenters. The molecule has 1 N–H and O–H groups in total. The van der Waals surface area contributed by atoms with E-state index in [1.165, 1.54) is 4.63 Å². The lowest BCUT2D eigenvalue weighted by Gasteiger charge is -2.17. The van der Waals surface area contributed by atoms with Crippen molar-refractivity contribution in [3.8, 4) is 0 Å². The van der Waals surface area contributed by atoms with Crippen molar-refractivity contribution in [2.75, 3.05) is 29.9 Å². The molecule has 0 radical (unpaired) electrons. The number of nitrogens with one attached hydrogen (secondary N) is 1. The van der Waals surface area contributed by atoms with Crippen LogP contribution in [0.2, 0.25) is 0 Å². The van der Waals surface area contributed by atoms with E-state index in [9.17, 15) is 0 Å². The van der Waals surface area contributed by atoms with Gasteiger partial charge in [-0.1, -0.05) is 6.07 Å². The number of aromatic nitrogens is 6. The van der Waals surface area contributed by atoms with Crippen LogP contribution < -0.4 is 10.2 Å². The van der Waals surface area contributed by atoms with Crippen molar-refractivity contribution in [1.29, 1.82) is 0 Å². The van der Waals surface area contributed by atoms with Crippen LogP contribution in [0.25, 0.3) is 5.65 Å². The Morgan fingerprint density at radius 2 is 2.23 bits per heavy atom. The summed E-state index contributed by atoms with van der Waals surface area (Å²) in [6.07, 6.45) is 2.93. The zero-order valence-corrected chi connectivity index (χ0v) is 12.0. The van der Waals surface area contributed by atoms with Gasteiger partial charge in [-0.2, -0.15) is 0 Å². The van der Waals surface area contributed by atoms with Gasteiger partial charge in [-0.25, -0.2) is 4.98 Å². The first-order valence-electron chi connectivity index (χ1n) is 7.34. The van der Waals surface area contributed by atoms with Crippen LogP contribution in [0, 0.1) is 5.92 Å². The molecule has 0 amide bonds. The molecule has 8 nitrogen and oxygen atoms in total. The van der Waals surface area contributed by atoms with Crippen molar-refractivity contribution >= 4 is 17.3 Å². The van der Waals surface area contributed by atoms with Gasteiger partial charge in [0.05, 0.1) is 0 Å². The van der Waals surface area contributed by atoms with E-state index in [4.69, 9.17) is 0 Å². The van der Waals surface area contributed by atoms with Crippen LogP contribution in [0.3, 0.4) is 0 Å².